The molecule has 1 rings (SSSR count). The molecule has 0 radical (unpaired) electrons. The van der Waals surface area contributed by atoms with Crippen molar-refractivity contribution in [1.29, 1.82) is 0 Å². The third-order valence-electron chi connectivity index (χ3n) is 2.92. The lowest BCUT2D eigenvalue weighted by atomic mass is 10.2. The van der Waals surface area contributed by atoms with E-state index in [4.69, 9.17) is 10.5 Å². The maximum Gasteiger partial charge on any atom is 0.360 e. The van der Waals surface area contributed by atoms with Gasteiger partial charge in [0.15, 0.2) is 5.69 Å². The number of ether oxygens (including phenoxy) is 1. The SMILES string of the molecule is CCCC(C)NC(=O)Cn1nnc(C(=O)OCC)c1CN. The predicted octanol–water partition coefficient (Wildman–Crippen LogP) is 0.218. The summed E-state index contributed by atoms with van der Waals surface area (Å²) < 4.78 is 6.21. The van der Waals surface area contributed by atoms with Crippen molar-refractivity contribution in [3.05, 3.63) is 11.4 Å². The molecule has 0 bridgehead atoms. The predicted molar refractivity (Wildman–Crippen MR) is 76.4 cm³/mol. The highest BCUT2D eigenvalue weighted by Gasteiger charge is 2.21. The third kappa shape index (κ3) is 4.82. The number of nitrogens with one attached hydrogen (secondary N) is 1. The molecule has 0 saturated carbocycles. The molecule has 1 amide bonds. The highest BCUT2D eigenvalue weighted by Crippen LogP contribution is 2.07. The second-order valence-corrected chi connectivity index (χ2v) is 4.72. The third-order valence-corrected chi connectivity index (χ3v) is 2.92. The monoisotopic (exact) mass is 297 g/mol. The Balaban J connectivity index is 2.75. The Labute approximate surface area is 124 Å². The van der Waals surface area contributed by atoms with E-state index in [-0.39, 0.29) is 37.3 Å². The summed E-state index contributed by atoms with van der Waals surface area (Å²) in [6.45, 7) is 5.97. The Hall–Kier alpha value is -1.96. The normalized spacial score (nSPS) is 12.0. The van der Waals surface area contributed by atoms with Crippen LogP contribution in [0.4, 0.5) is 0 Å². The zero-order valence-electron chi connectivity index (χ0n) is 12.8. The summed E-state index contributed by atoms with van der Waals surface area (Å²) >= 11 is 0. The molecule has 0 aliphatic heterocycles. The molecule has 0 spiro atoms. The second kappa shape index (κ2) is 8.35. The first-order valence-corrected chi connectivity index (χ1v) is 7.12. The van der Waals surface area contributed by atoms with Crippen molar-refractivity contribution in [2.75, 3.05) is 6.61 Å². The van der Waals surface area contributed by atoms with Crippen molar-refractivity contribution >= 4 is 11.9 Å². The Kier molecular flexibility index (Phi) is 6.80. The van der Waals surface area contributed by atoms with Crippen molar-refractivity contribution in [2.24, 2.45) is 5.73 Å². The standard InChI is InChI=1S/C13H23N5O3/c1-4-6-9(3)15-11(19)8-18-10(7-14)12(16-17-18)13(20)21-5-2/h9H,4-8,14H2,1-3H3,(H,15,19). The number of carbonyl (C=O) groups excluding carboxylic acids is 2. The van der Waals surface area contributed by atoms with Gasteiger partial charge in [-0.25, -0.2) is 9.48 Å². The molecule has 0 aliphatic carbocycles. The number of esters is 1. The number of nitrogens with zero attached hydrogens (tertiary/aromatic N) is 3. The van der Waals surface area contributed by atoms with E-state index in [1.54, 1.807) is 6.92 Å². The van der Waals surface area contributed by atoms with Crippen LogP contribution in [-0.4, -0.2) is 39.5 Å². The molecule has 21 heavy (non-hydrogen) atoms. The summed E-state index contributed by atoms with van der Waals surface area (Å²) in [7, 11) is 0. The van der Waals surface area contributed by atoms with E-state index < -0.39 is 5.97 Å². The summed E-state index contributed by atoms with van der Waals surface area (Å²) in [6, 6.07) is 0.0943. The topological polar surface area (TPSA) is 112 Å². The van der Waals surface area contributed by atoms with Crippen molar-refractivity contribution in [2.45, 2.75) is 52.7 Å². The highest BCUT2D eigenvalue weighted by atomic mass is 16.5. The first-order valence-electron chi connectivity index (χ1n) is 7.12. The molecule has 8 nitrogen and oxygen atoms in total. The van der Waals surface area contributed by atoms with E-state index in [1.807, 2.05) is 6.92 Å². The van der Waals surface area contributed by atoms with Crippen molar-refractivity contribution in [3.8, 4) is 0 Å². The van der Waals surface area contributed by atoms with E-state index in [0.717, 1.165) is 12.8 Å². The quantitative estimate of drug-likeness (QED) is 0.664. The lowest BCUT2D eigenvalue weighted by molar-refractivity contribution is -0.122. The van der Waals surface area contributed by atoms with Gasteiger partial charge in [0.05, 0.1) is 12.3 Å². The molecule has 1 atom stereocenters. The summed E-state index contributed by atoms with van der Waals surface area (Å²) in [5, 5.41) is 10.4. The van der Waals surface area contributed by atoms with Crippen LogP contribution >= 0.6 is 0 Å². The Bertz CT molecular complexity index is 486. The smallest absolute Gasteiger partial charge is 0.360 e. The van der Waals surface area contributed by atoms with Crippen LogP contribution in [0.3, 0.4) is 0 Å². The number of hydrogen-bond donors (Lipinski definition) is 2. The molecule has 1 unspecified atom stereocenters. The van der Waals surface area contributed by atoms with Gasteiger partial charge in [-0.05, 0) is 20.3 Å². The van der Waals surface area contributed by atoms with Gasteiger partial charge in [-0.15, -0.1) is 5.10 Å². The molecular formula is C13H23N5O3. The summed E-state index contributed by atoms with van der Waals surface area (Å²) in [5.41, 5.74) is 6.07. The molecule has 1 aromatic rings. The summed E-state index contributed by atoms with van der Waals surface area (Å²) in [4.78, 5) is 23.6. The zero-order chi connectivity index (χ0) is 15.8. The van der Waals surface area contributed by atoms with Crippen molar-refractivity contribution in [3.63, 3.8) is 0 Å². The maximum atomic E-state index is 11.9. The van der Waals surface area contributed by atoms with Gasteiger partial charge in [0, 0.05) is 12.6 Å². The van der Waals surface area contributed by atoms with Crippen LogP contribution in [0, 0.1) is 0 Å². The van der Waals surface area contributed by atoms with Gasteiger partial charge in [-0.3, -0.25) is 4.79 Å². The zero-order valence-corrected chi connectivity index (χ0v) is 12.8. The fraction of sp³-hybridized carbons (Fsp3) is 0.692. The minimum absolute atomic E-state index is 0.0208. The Morgan fingerprint density at radius 1 is 1.43 bits per heavy atom. The summed E-state index contributed by atoms with van der Waals surface area (Å²) in [5.74, 6) is -0.769. The number of hydrogen-bond acceptors (Lipinski definition) is 6. The van der Waals surface area contributed by atoms with Gasteiger partial charge in [-0.1, -0.05) is 18.6 Å². The van der Waals surface area contributed by atoms with Crippen LogP contribution in [0.5, 0.6) is 0 Å². The van der Waals surface area contributed by atoms with Gasteiger partial charge < -0.3 is 15.8 Å². The van der Waals surface area contributed by atoms with Crippen LogP contribution in [0.1, 0.15) is 49.8 Å². The number of rotatable bonds is 8. The molecule has 1 heterocycles. The fourth-order valence-corrected chi connectivity index (χ4v) is 1.98. The lowest BCUT2D eigenvalue weighted by Crippen LogP contribution is -2.35. The van der Waals surface area contributed by atoms with Gasteiger partial charge >= 0.3 is 5.97 Å². The first kappa shape index (κ1) is 17.1. The Morgan fingerprint density at radius 3 is 2.71 bits per heavy atom. The molecule has 0 aromatic carbocycles. The fourth-order valence-electron chi connectivity index (χ4n) is 1.98. The lowest BCUT2D eigenvalue weighted by Gasteiger charge is -2.13. The second-order valence-electron chi connectivity index (χ2n) is 4.72. The maximum absolute atomic E-state index is 11.9. The van der Waals surface area contributed by atoms with Crippen LogP contribution < -0.4 is 11.1 Å². The number of amides is 1. The molecule has 118 valence electrons. The first-order chi connectivity index (χ1) is 10.0. The molecule has 0 saturated heterocycles. The van der Waals surface area contributed by atoms with E-state index in [9.17, 15) is 9.59 Å². The minimum atomic E-state index is -0.580. The molecule has 0 fully saturated rings. The van der Waals surface area contributed by atoms with Crippen LogP contribution in [0.2, 0.25) is 0 Å². The van der Waals surface area contributed by atoms with E-state index in [2.05, 4.69) is 22.6 Å². The Morgan fingerprint density at radius 2 is 2.14 bits per heavy atom. The molecule has 3 N–H and O–H groups in total. The highest BCUT2D eigenvalue weighted by molar-refractivity contribution is 5.88. The van der Waals surface area contributed by atoms with Gasteiger partial charge in [0.25, 0.3) is 0 Å². The molecular weight excluding hydrogens is 274 g/mol. The largest absolute Gasteiger partial charge is 0.461 e. The number of aromatic nitrogens is 3. The average Bonchev–Trinajstić information content (AvgIpc) is 2.81. The van der Waals surface area contributed by atoms with E-state index in [0.29, 0.717) is 5.69 Å². The van der Waals surface area contributed by atoms with Crippen LogP contribution in [0.15, 0.2) is 0 Å². The van der Waals surface area contributed by atoms with Crippen LogP contribution in [0.25, 0.3) is 0 Å². The van der Waals surface area contributed by atoms with Gasteiger partial charge in [0.2, 0.25) is 5.91 Å². The van der Waals surface area contributed by atoms with Crippen molar-refractivity contribution in [1.82, 2.24) is 20.3 Å². The molecule has 8 heteroatoms. The minimum Gasteiger partial charge on any atom is -0.461 e. The molecule has 1 aromatic heterocycles. The van der Waals surface area contributed by atoms with Crippen molar-refractivity contribution < 1.29 is 14.3 Å². The van der Waals surface area contributed by atoms with Gasteiger partial charge in [0.1, 0.15) is 6.54 Å². The average molecular weight is 297 g/mol. The summed E-state index contributed by atoms with van der Waals surface area (Å²) in [6.07, 6.45) is 1.90. The molecule has 0 aliphatic rings. The van der Waals surface area contributed by atoms with Crippen LogP contribution in [-0.2, 0) is 22.6 Å². The number of carbonyl (C=O) groups is 2. The number of nitrogens with two attached hydrogens (primary N) is 1. The van der Waals surface area contributed by atoms with E-state index >= 15 is 0 Å². The van der Waals surface area contributed by atoms with Gasteiger partial charge in [-0.2, -0.15) is 0 Å². The van der Waals surface area contributed by atoms with E-state index in [1.165, 1.54) is 4.68 Å².